The lowest BCUT2D eigenvalue weighted by atomic mass is 10.00. The summed E-state index contributed by atoms with van der Waals surface area (Å²) in [5.74, 6) is 1.02. The van der Waals surface area contributed by atoms with Crippen molar-refractivity contribution < 1.29 is 4.39 Å². The molecule has 2 aromatic carbocycles. The molecule has 2 aliphatic rings. The number of benzene rings is 2. The molecule has 0 aliphatic carbocycles. The molecular weight excluding hydrogens is 287 g/mol. The molecule has 1 saturated heterocycles. The van der Waals surface area contributed by atoms with E-state index in [9.17, 15) is 4.39 Å². The fourth-order valence-corrected chi connectivity index (χ4v) is 3.25. The van der Waals surface area contributed by atoms with Crippen LogP contribution >= 0.6 is 0 Å². The molecular formula is C20H19FN2. The fraction of sp³-hybridized carbons (Fsp3) is 0.200. The van der Waals surface area contributed by atoms with E-state index >= 15 is 0 Å². The molecule has 0 spiro atoms. The average Bonchev–Trinajstić information content (AvgIpc) is 2.99. The Balaban J connectivity index is 1.57. The molecule has 0 amide bonds. The van der Waals surface area contributed by atoms with Crippen LogP contribution in [0.15, 0.2) is 66.5 Å². The highest BCUT2D eigenvalue weighted by atomic mass is 19.1. The molecule has 2 nitrogen and oxygen atoms in total. The Hall–Kier alpha value is -2.55. The van der Waals surface area contributed by atoms with Gasteiger partial charge in [0, 0.05) is 18.7 Å². The number of halogens is 1. The van der Waals surface area contributed by atoms with Gasteiger partial charge < -0.3 is 10.2 Å². The van der Waals surface area contributed by atoms with Crippen LogP contribution in [0.3, 0.4) is 0 Å². The molecule has 1 N–H and O–H groups in total. The summed E-state index contributed by atoms with van der Waals surface area (Å²) in [5, 5.41) is 3.55. The monoisotopic (exact) mass is 306 g/mol. The van der Waals surface area contributed by atoms with E-state index in [1.54, 1.807) is 6.07 Å². The van der Waals surface area contributed by atoms with Crippen LogP contribution in [0.5, 0.6) is 0 Å². The Bertz CT molecular complexity index is 790. The minimum atomic E-state index is -0.162. The van der Waals surface area contributed by atoms with Crippen molar-refractivity contribution >= 4 is 0 Å². The predicted octanol–water partition coefficient (Wildman–Crippen LogP) is 4.16. The molecule has 0 radical (unpaired) electrons. The first kappa shape index (κ1) is 14.1. The Morgan fingerprint density at radius 1 is 1.13 bits per heavy atom. The molecule has 2 aliphatic heterocycles. The lowest BCUT2D eigenvalue weighted by Crippen LogP contribution is -2.21. The second kappa shape index (κ2) is 5.58. The molecule has 116 valence electrons. The zero-order chi connectivity index (χ0) is 15.8. The molecule has 0 saturated carbocycles. The first-order chi connectivity index (χ1) is 11.2. The van der Waals surface area contributed by atoms with Crippen molar-refractivity contribution in [3.05, 3.63) is 83.5 Å². The Labute approximate surface area is 135 Å². The van der Waals surface area contributed by atoms with E-state index in [-0.39, 0.29) is 11.9 Å². The van der Waals surface area contributed by atoms with Crippen molar-refractivity contribution in [1.29, 1.82) is 0 Å². The summed E-state index contributed by atoms with van der Waals surface area (Å²) in [6.45, 7) is 3.83. The molecule has 3 heteroatoms. The number of aryl methyl sites for hydroxylation is 1. The van der Waals surface area contributed by atoms with Crippen molar-refractivity contribution in [1.82, 2.24) is 10.2 Å². The highest BCUT2D eigenvalue weighted by molar-refractivity contribution is 5.65. The summed E-state index contributed by atoms with van der Waals surface area (Å²) in [6, 6.07) is 13.9. The third-order valence-corrected chi connectivity index (χ3v) is 4.53. The van der Waals surface area contributed by atoms with E-state index in [4.69, 9.17) is 0 Å². The predicted molar refractivity (Wildman–Crippen MR) is 91.2 cm³/mol. The van der Waals surface area contributed by atoms with Gasteiger partial charge in [0.05, 0.1) is 6.04 Å². The van der Waals surface area contributed by atoms with E-state index in [1.807, 2.05) is 31.2 Å². The van der Waals surface area contributed by atoms with Crippen LogP contribution in [0.4, 0.5) is 4.39 Å². The third-order valence-electron chi connectivity index (χ3n) is 4.53. The lowest BCUT2D eigenvalue weighted by Gasteiger charge is -2.18. The largest absolute Gasteiger partial charge is 0.363 e. The molecule has 2 heterocycles. The Morgan fingerprint density at radius 2 is 1.96 bits per heavy atom. The van der Waals surface area contributed by atoms with Gasteiger partial charge in [-0.05, 0) is 35.8 Å². The molecule has 2 aromatic rings. The molecule has 1 atom stereocenters. The summed E-state index contributed by atoms with van der Waals surface area (Å²) in [6.07, 6.45) is 6.36. The van der Waals surface area contributed by atoms with Gasteiger partial charge in [0.2, 0.25) is 0 Å². The van der Waals surface area contributed by atoms with Gasteiger partial charge in [0.15, 0.2) is 0 Å². The van der Waals surface area contributed by atoms with Gasteiger partial charge in [-0.15, -0.1) is 0 Å². The maximum atomic E-state index is 14.1. The van der Waals surface area contributed by atoms with Gasteiger partial charge in [0.1, 0.15) is 11.6 Å². The topological polar surface area (TPSA) is 15.3 Å². The summed E-state index contributed by atoms with van der Waals surface area (Å²) in [5.41, 5.74) is 3.75. The molecule has 0 aromatic heterocycles. The van der Waals surface area contributed by atoms with Crippen molar-refractivity contribution in [2.45, 2.75) is 13.0 Å². The van der Waals surface area contributed by atoms with Gasteiger partial charge in [-0.3, -0.25) is 0 Å². The normalized spacial score (nSPS) is 19.3. The highest BCUT2D eigenvalue weighted by Gasteiger charge is 2.26. The van der Waals surface area contributed by atoms with E-state index in [2.05, 4.69) is 40.6 Å². The van der Waals surface area contributed by atoms with Crippen LogP contribution in [0, 0.1) is 12.7 Å². The van der Waals surface area contributed by atoms with Crippen LogP contribution in [0.25, 0.3) is 11.1 Å². The van der Waals surface area contributed by atoms with Crippen molar-refractivity contribution in [2.75, 3.05) is 13.1 Å². The van der Waals surface area contributed by atoms with Gasteiger partial charge >= 0.3 is 0 Å². The van der Waals surface area contributed by atoms with Crippen LogP contribution in [0.2, 0.25) is 0 Å². The first-order valence-corrected chi connectivity index (χ1v) is 7.95. The van der Waals surface area contributed by atoms with Crippen LogP contribution < -0.4 is 5.32 Å². The molecule has 1 unspecified atom stereocenters. The van der Waals surface area contributed by atoms with Gasteiger partial charge in [-0.25, -0.2) is 4.39 Å². The maximum Gasteiger partial charge on any atom is 0.131 e. The van der Waals surface area contributed by atoms with Crippen molar-refractivity contribution in [3.8, 4) is 11.1 Å². The zero-order valence-electron chi connectivity index (χ0n) is 13.1. The Morgan fingerprint density at radius 3 is 2.70 bits per heavy atom. The fourth-order valence-electron chi connectivity index (χ4n) is 3.25. The smallest absolute Gasteiger partial charge is 0.131 e. The number of rotatable bonds is 2. The SMILES string of the molecule is Cc1ccc(-c2ccc(C3CN4CC=CC=C4N3)cc2)c(F)c1. The number of hydrogen-bond acceptors (Lipinski definition) is 2. The van der Waals surface area contributed by atoms with E-state index in [1.165, 1.54) is 11.4 Å². The second-order valence-electron chi connectivity index (χ2n) is 6.19. The summed E-state index contributed by atoms with van der Waals surface area (Å²) in [4.78, 5) is 2.33. The van der Waals surface area contributed by atoms with E-state index in [0.717, 1.165) is 24.2 Å². The minimum absolute atomic E-state index is 0.162. The van der Waals surface area contributed by atoms with Crippen LogP contribution in [-0.2, 0) is 0 Å². The number of fused-ring (bicyclic) bond motifs is 1. The quantitative estimate of drug-likeness (QED) is 0.896. The minimum Gasteiger partial charge on any atom is -0.363 e. The highest BCUT2D eigenvalue weighted by Crippen LogP contribution is 2.29. The van der Waals surface area contributed by atoms with E-state index in [0.29, 0.717) is 5.56 Å². The lowest BCUT2D eigenvalue weighted by molar-refractivity contribution is 0.421. The Kier molecular flexibility index (Phi) is 3.41. The molecule has 23 heavy (non-hydrogen) atoms. The molecule has 1 fully saturated rings. The summed E-state index contributed by atoms with van der Waals surface area (Å²) in [7, 11) is 0. The number of nitrogens with one attached hydrogen (secondary N) is 1. The summed E-state index contributed by atoms with van der Waals surface area (Å²) < 4.78 is 14.1. The van der Waals surface area contributed by atoms with E-state index < -0.39 is 0 Å². The van der Waals surface area contributed by atoms with Crippen LogP contribution in [0.1, 0.15) is 17.2 Å². The van der Waals surface area contributed by atoms with Gasteiger partial charge in [0.25, 0.3) is 0 Å². The summed E-state index contributed by atoms with van der Waals surface area (Å²) >= 11 is 0. The first-order valence-electron chi connectivity index (χ1n) is 7.95. The molecule has 4 rings (SSSR count). The van der Waals surface area contributed by atoms with Crippen molar-refractivity contribution in [2.24, 2.45) is 0 Å². The van der Waals surface area contributed by atoms with Crippen molar-refractivity contribution in [3.63, 3.8) is 0 Å². The molecule has 0 bridgehead atoms. The van der Waals surface area contributed by atoms with Gasteiger partial charge in [-0.1, -0.05) is 48.6 Å². The van der Waals surface area contributed by atoms with Crippen LogP contribution in [-0.4, -0.2) is 18.0 Å². The maximum absolute atomic E-state index is 14.1. The number of hydrogen-bond donors (Lipinski definition) is 1. The number of allylic oxidation sites excluding steroid dienone is 2. The average molecular weight is 306 g/mol. The standard InChI is InChI=1S/C20H19FN2/c1-14-5-10-17(18(21)12-14)15-6-8-16(9-7-15)19-13-23-11-3-2-4-20(23)22-19/h2-10,12,19,22H,11,13H2,1H3. The second-order valence-corrected chi connectivity index (χ2v) is 6.19. The number of nitrogens with zero attached hydrogens (tertiary/aromatic N) is 1. The third kappa shape index (κ3) is 2.63. The zero-order valence-corrected chi connectivity index (χ0v) is 13.1. The van der Waals surface area contributed by atoms with Gasteiger partial charge in [-0.2, -0.15) is 0 Å².